The zero-order valence-electron chi connectivity index (χ0n) is 15.5. The summed E-state index contributed by atoms with van der Waals surface area (Å²) in [6.45, 7) is 0.287. The maximum Gasteiger partial charge on any atom is 0.342 e. The van der Waals surface area contributed by atoms with Crippen LogP contribution in [0.1, 0.15) is 15.9 Å². The zero-order chi connectivity index (χ0) is 20.5. The largest absolute Gasteiger partial charge is 0.490 e. The summed E-state index contributed by atoms with van der Waals surface area (Å²) in [5, 5.41) is 0.589. The van der Waals surface area contributed by atoms with E-state index >= 15 is 0 Å². The zero-order valence-corrected chi connectivity index (χ0v) is 16.3. The minimum Gasteiger partial charge on any atom is -0.490 e. The summed E-state index contributed by atoms with van der Waals surface area (Å²) >= 11 is 5.84. The third-order valence-electron chi connectivity index (χ3n) is 3.92. The number of para-hydroxylation sites is 2. The number of halogens is 1. The Morgan fingerprint density at radius 1 is 0.793 bits per heavy atom. The van der Waals surface area contributed by atoms with Crippen LogP contribution in [0.4, 0.5) is 0 Å². The van der Waals surface area contributed by atoms with Crippen molar-refractivity contribution in [2.24, 2.45) is 0 Å². The molecule has 6 heteroatoms. The van der Waals surface area contributed by atoms with Crippen LogP contribution in [0.3, 0.4) is 0 Å². The molecule has 3 rings (SSSR count). The second kappa shape index (κ2) is 10.3. The summed E-state index contributed by atoms with van der Waals surface area (Å²) in [6.07, 6.45) is 0.0610. The monoisotopic (exact) mass is 410 g/mol. The van der Waals surface area contributed by atoms with Crippen molar-refractivity contribution in [2.75, 3.05) is 13.2 Å². The van der Waals surface area contributed by atoms with Crippen molar-refractivity contribution in [3.05, 3.63) is 95.0 Å². The molecule has 0 heterocycles. The predicted molar refractivity (Wildman–Crippen MR) is 109 cm³/mol. The van der Waals surface area contributed by atoms with Crippen molar-refractivity contribution in [2.45, 2.75) is 6.42 Å². The molecule has 0 atom stereocenters. The summed E-state index contributed by atoms with van der Waals surface area (Å²) in [7, 11) is 0. The fourth-order valence-electron chi connectivity index (χ4n) is 2.54. The van der Waals surface area contributed by atoms with Gasteiger partial charge in [-0.2, -0.15) is 0 Å². The molecule has 0 aliphatic carbocycles. The van der Waals surface area contributed by atoms with Crippen LogP contribution in [-0.2, 0) is 16.0 Å². The Hall–Kier alpha value is -3.31. The van der Waals surface area contributed by atoms with Crippen LogP contribution in [0.25, 0.3) is 0 Å². The summed E-state index contributed by atoms with van der Waals surface area (Å²) in [5.41, 5.74) is 0.939. The van der Waals surface area contributed by atoms with Crippen LogP contribution in [-0.4, -0.2) is 25.2 Å². The van der Waals surface area contributed by atoms with Crippen molar-refractivity contribution >= 4 is 23.5 Å². The van der Waals surface area contributed by atoms with E-state index < -0.39 is 11.9 Å². The lowest BCUT2D eigenvalue weighted by Gasteiger charge is -2.11. The fourth-order valence-corrected chi connectivity index (χ4v) is 2.67. The van der Waals surface area contributed by atoms with Gasteiger partial charge in [-0.25, -0.2) is 4.79 Å². The average Bonchev–Trinajstić information content (AvgIpc) is 2.74. The van der Waals surface area contributed by atoms with Crippen molar-refractivity contribution in [1.29, 1.82) is 0 Å². The van der Waals surface area contributed by atoms with Crippen LogP contribution < -0.4 is 9.47 Å². The van der Waals surface area contributed by atoms with Crippen molar-refractivity contribution in [3.8, 4) is 11.5 Å². The quantitative estimate of drug-likeness (QED) is 0.305. The summed E-state index contributed by atoms with van der Waals surface area (Å²) in [6, 6.07) is 22.6. The molecule has 5 nitrogen and oxygen atoms in total. The van der Waals surface area contributed by atoms with Gasteiger partial charge < -0.3 is 14.2 Å². The van der Waals surface area contributed by atoms with E-state index in [1.165, 1.54) is 0 Å². The summed E-state index contributed by atoms with van der Waals surface area (Å²) in [4.78, 5) is 24.6. The average molecular weight is 411 g/mol. The molecule has 0 unspecified atom stereocenters. The van der Waals surface area contributed by atoms with Crippen molar-refractivity contribution in [3.63, 3.8) is 0 Å². The number of ether oxygens (including phenoxy) is 3. The second-order valence-electron chi connectivity index (χ2n) is 6.07. The minimum atomic E-state index is -0.587. The molecule has 0 saturated heterocycles. The third-order valence-corrected chi connectivity index (χ3v) is 4.17. The Balaban J connectivity index is 1.54. The standard InChI is InChI=1S/C23H19ClO5/c24-18-12-10-17(11-13-18)16-22(25)29-21-9-5-4-8-20(21)23(26)28-15-14-27-19-6-2-1-3-7-19/h1-13H,14-16H2. The first-order chi connectivity index (χ1) is 14.1. The van der Waals surface area contributed by atoms with Gasteiger partial charge in [-0.3, -0.25) is 4.79 Å². The number of carbonyl (C=O) groups excluding carboxylic acids is 2. The lowest BCUT2D eigenvalue weighted by molar-refractivity contribution is -0.133. The number of rotatable bonds is 8. The highest BCUT2D eigenvalue weighted by atomic mass is 35.5. The van der Waals surface area contributed by atoms with Gasteiger partial charge in [0.2, 0.25) is 0 Å². The Morgan fingerprint density at radius 3 is 2.24 bits per heavy atom. The van der Waals surface area contributed by atoms with Crippen molar-refractivity contribution in [1.82, 2.24) is 0 Å². The molecule has 0 fully saturated rings. The molecule has 0 radical (unpaired) electrons. The topological polar surface area (TPSA) is 61.8 Å². The van der Waals surface area contributed by atoms with Gasteiger partial charge in [-0.1, -0.05) is 54.1 Å². The van der Waals surface area contributed by atoms with Gasteiger partial charge >= 0.3 is 11.9 Å². The summed E-state index contributed by atoms with van der Waals surface area (Å²) in [5.74, 6) is -0.225. The smallest absolute Gasteiger partial charge is 0.342 e. The van der Waals surface area contributed by atoms with Gasteiger partial charge in [-0.15, -0.1) is 0 Å². The molecule has 29 heavy (non-hydrogen) atoms. The Labute approximate surface area is 173 Å². The van der Waals surface area contributed by atoms with Crippen LogP contribution in [0.2, 0.25) is 5.02 Å². The van der Waals surface area contributed by atoms with Crippen LogP contribution >= 0.6 is 11.6 Å². The molecular weight excluding hydrogens is 392 g/mol. The maximum absolute atomic E-state index is 12.4. The highest BCUT2D eigenvalue weighted by Gasteiger charge is 2.16. The van der Waals surface area contributed by atoms with Crippen LogP contribution in [0.5, 0.6) is 11.5 Å². The third kappa shape index (κ3) is 6.36. The first-order valence-electron chi connectivity index (χ1n) is 9.01. The van der Waals surface area contributed by atoms with Gasteiger partial charge in [0, 0.05) is 5.02 Å². The molecule has 0 aliphatic heterocycles. The molecule has 3 aromatic carbocycles. The van der Waals surface area contributed by atoms with E-state index in [0.29, 0.717) is 10.8 Å². The lowest BCUT2D eigenvalue weighted by atomic mass is 10.1. The minimum absolute atomic E-state index is 0.0610. The molecular formula is C23H19ClO5. The van der Waals surface area contributed by atoms with Gasteiger partial charge in [0.1, 0.15) is 30.3 Å². The number of hydrogen-bond donors (Lipinski definition) is 0. The maximum atomic E-state index is 12.4. The molecule has 0 aliphatic rings. The molecule has 0 amide bonds. The first kappa shape index (κ1) is 20.4. The highest BCUT2D eigenvalue weighted by Crippen LogP contribution is 2.20. The fraction of sp³-hybridized carbons (Fsp3) is 0.130. The van der Waals surface area contributed by atoms with E-state index in [9.17, 15) is 9.59 Å². The van der Waals surface area contributed by atoms with E-state index in [4.69, 9.17) is 25.8 Å². The molecule has 148 valence electrons. The Bertz CT molecular complexity index is 955. The number of carbonyl (C=O) groups is 2. The number of esters is 2. The lowest BCUT2D eigenvalue weighted by Crippen LogP contribution is -2.16. The molecule has 0 spiro atoms. The number of hydrogen-bond acceptors (Lipinski definition) is 5. The SMILES string of the molecule is O=C(Cc1ccc(Cl)cc1)Oc1ccccc1C(=O)OCCOc1ccccc1. The molecule has 0 aromatic heterocycles. The van der Waals surface area contributed by atoms with Gasteiger partial charge in [-0.05, 0) is 42.0 Å². The van der Waals surface area contributed by atoms with E-state index in [0.717, 1.165) is 5.56 Å². The normalized spacial score (nSPS) is 10.2. The van der Waals surface area contributed by atoms with E-state index in [2.05, 4.69) is 0 Å². The number of benzene rings is 3. The van der Waals surface area contributed by atoms with Gasteiger partial charge in [0.15, 0.2) is 0 Å². The molecule has 0 N–H and O–H groups in total. The van der Waals surface area contributed by atoms with Crippen LogP contribution in [0.15, 0.2) is 78.9 Å². The van der Waals surface area contributed by atoms with Crippen LogP contribution in [0, 0.1) is 0 Å². The Kier molecular flexibility index (Phi) is 7.25. The van der Waals surface area contributed by atoms with E-state index in [1.54, 1.807) is 48.5 Å². The molecule has 3 aromatic rings. The van der Waals surface area contributed by atoms with E-state index in [-0.39, 0.29) is 30.9 Å². The predicted octanol–water partition coefficient (Wildman–Crippen LogP) is 4.72. The van der Waals surface area contributed by atoms with Crippen molar-refractivity contribution < 1.29 is 23.8 Å². The molecule has 0 saturated carbocycles. The van der Waals surface area contributed by atoms with Gasteiger partial charge in [0.05, 0.1) is 6.42 Å². The molecule has 0 bridgehead atoms. The van der Waals surface area contributed by atoms with E-state index in [1.807, 2.05) is 30.3 Å². The highest BCUT2D eigenvalue weighted by molar-refractivity contribution is 6.30. The summed E-state index contributed by atoms with van der Waals surface area (Å²) < 4.78 is 16.1. The second-order valence-corrected chi connectivity index (χ2v) is 6.51. The first-order valence-corrected chi connectivity index (χ1v) is 9.39. The Morgan fingerprint density at radius 2 is 1.48 bits per heavy atom. The van der Waals surface area contributed by atoms with Gasteiger partial charge in [0.25, 0.3) is 0 Å².